The van der Waals surface area contributed by atoms with Gasteiger partial charge in [-0.3, -0.25) is 0 Å². The molecule has 170 valence electrons. The van der Waals surface area contributed by atoms with Crippen molar-refractivity contribution in [1.29, 1.82) is 0 Å². The van der Waals surface area contributed by atoms with Crippen LogP contribution in [0.25, 0.3) is 42.1 Å². The van der Waals surface area contributed by atoms with Gasteiger partial charge in [-0.05, 0) is 52.9 Å². The summed E-state index contributed by atoms with van der Waals surface area (Å²) in [4.78, 5) is 2.37. The molecule has 0 N–H and O–H groups in total. The highest BCUT2D eigenvalue weighted by atomic mass is 32.1. The molecule has 7 aromatic rings. The SMILES string of the molecule is c1ccc(-c2cc3c4cccc(N(c5ccccc5)c5ccccc5)c4sc3c3ccccc23)cc1. The Morgan fingerprint density at radius 2 is 0.944 bits per heavy atom. The molecule has 0 saturated carbocycles. The first-order valence-electron chi connectivity index (χ1n) is 12.2. The molecule has 0 atom stereocenters. The van der Waals surface area contributed by atoms with Crippen molar-refractivity contribution < 1.29 is 0 Å². The average Bonchev–Trinajstić information content (AvgIpc) is 3.34. The third-order valence-corrected chi connectivity index (χ3v) is 8.12. The zero-order valence-corrected chi connectivity index (χ0v) is 20.5. The molecule has 0 aliphatic heterocycles. The summed E-state index contributed by atoms with van der Waals surface area (Å²) in [6.07, 6.45) is 0. The molecular formula is C34H23NS. The summed E-state index contributed by atoms with van der Waals surface area (Å²) in [5.74, 6) is 0. The van der Waals surface area contributed by atoms with Crippen molar-refractivity contribution in [1.82, 2.24) is 0 Å². The Morgan fingerprint density at radius 1 is 0.417 bits per heavy atom. The second-order valence-electron chi connectivity index (χ2n) is 8.97. The van der Waals surface area contributed by atoms with Gasteiger partial charge in [0, 0.05) is 32.2 Å². The number of para-hydroxylation sites is 2. The number of hydrogen-bond donors (Lipinski definition) is 0. The number of hydrogen-bond acceptors (Lipinski definition) is 2. The molecule has 0 fully saturated rings. The Hall–Kier alpha value is -4.40. The zero-order chi connectivity index (χ0) is 23.9. The van der Waals surface area contributed by atoms with E-state index in [0.29, 0.717) is 0 Å². The molecule has 6 aromatic carbocycles. The van der Waals surface area contributed by atoms with Gasteiger partial charge in [-0.1, -0.05) is 103 Å². The van der Waals surface area contributed by atoms with Crippen LogP contribution in [0.5, 0.6) is 0 Å². The second kappa shape index (κ2) is 8.67. The van der Waals surface area contributed by atoms with Crippen LogP contribution in [0.2, 0.25) is 0 Å². The number of anilines is 3. The van der Waals surface area contributed by atoms with Crippen LogP contribution in [0, 0.1) is 0 Å². The lowest BCUT2D eigenvalue weighted by atomic mass is 9.95. The summed E-state index contributed by atoms with van der Waals surface area (Å²) in [6, 6.07) is 50.0. The molecule has 0 unspecified atom stereocenters. The highest BCUT2D eigenvalue weighted by molar-refractivity contribution is 7.27. The molecule has 7 rings (SSSR count). The molecule has 2 heteroatoms. The quantitative estimate of drug-likeness (QED) is 0.244. The van der Waals surface area contributed by atoms with Gasteiger partial charge in [-0.2, -0.15) is 0 Å². The van der Waals surface area contributed by atoms with Crippen LogP contribution in [0.3, 0.4) is 0 Å². The fourth-order valence-corrected chi connectivity index (χ4v) is 6.54. The van der Waals surface area contributed by atoms with Crippen molar-refractivity contribution in [2.75, 3.05) is 4.90 Å². The van der Waals surface area contributed by atoms with Crippen LogP contribution in [-0.2, 0) is 0 Å². The first-order chi connectivity index (χ1) is 17.9. The van der Waals surface area contributed by atoms with Gasteiger partial charge in [0.1, 0.15) is 0 Å². The number of rotatable bonds is 4. The fraction of sp³-hybridized carbons (Fsp3) is 0. The maximum absolute atomic E-state index is 2.39. The van der Waals surface area contributed by atoms with Gasteiger partial charge in [0.05, 0.1) is 10.4 Å². The Kier molecular flexibility index (Phi) is 5.04. The predicted molar refractivity (Wildman–Crippen MR) is 157 cm³/mol. The third kappa shape index (κ3) is 3.38. The normalized spacial score (nSPS) is 11.3. The Labute approximate surface area is 214 Å². The Bertz CT molecular complexity index is 1780. The summed E-state index contributed by atoms with van der Waals surface area (Å²) in [6.45, 7) is 0. The van der Waals surface area contributed by atoms with Crippen molar-refractivity contribution in [2.45, 2.75) is 0 Å². The van der Waals surface area contributed by atoms with Crippen LogP contribution < -0.4 is 4.90 Å². The van der Waals surface area contributed by atoms with Gasteiger partial charge in [0.2, 0.25) is 0 Å². The van der Waals surface area contributed by atoms with Gasteiger partial charge < -0.3 is 4.90 Å². The number of thiophene rings is 1. The van der Waals surface area contributed by atoms with E-state index in [9.17, 15) is 0 Å². The fourth-order valence-electron chi connectivity index (χ4n) is 5.22. The Morgan fingerprint density at radius 3 is 1.61 bits per heavy atom. The Balaban J connectivity index is 1.56. The topological polar surface area (TPSA) is 3.24 Å². The summed E-state index contributed by atoms with van der Waals surface area (Å²) < 4.78 is 2.64. The van der Waals surface area contributed by atoms with Crippen molar-refractivity contribution >= 4 is 59.3 Å². The molecule has 1 nitrogen and oxygen atoms in total. The van der Waals surface area contributed by atoms with E-state index in [4.69, 9.17) is 0 Å². The standard InChI is InChI=1S/C34H23NS/c1-4-13-24(14-5-1)30-23-31-29-21-12-22-32(34(29)36-33(31)28-20-11-10-19-27(28)30)35(25-15-6-2-7-16-25)26-17-8-3-9-18-26/h1-23H. The zero-order valence-electron chi connectivity index (χ0n) is 19.6. The molecule has 0 aliphatic rings. The predicted octanol–water partition coefficient (Wildman–Crippen LogP) is 10.3. The molecule has 0 saturated heterocycles. The number of fused-ring (bicyclic) bond motifs is 5. The monoisotopic (exact) mass is 477 g/mol. The molecule has 0 spiro atoms. The maximum Gasteiger partial charge on any atom is 0.0640 e. The molecule has 1 aromatic heterocycles. The minimum absolute atomic E-state index is 1.16. The van der Waals surface area contributed by atoms with Crippen molar-refractivity contribution in [3.8, 4) is 11.1 Å². The molecule has 1 heterocycles. The van der Waals surface area contributed by atoms with Crippen LogP contribution >= 0.6 is 11.3 Å². The van der Waals surface area contributed by atoms with Crippen LogP contribution in [0.15, 0.2) is 140 Å². The molecule has 0 aliphatic carbocycles. The lowest BCUT2D eigenvalue weighted by Gasteiger charge is -2.25. The average molecular weight is 478 g/mol. The van der Waals surface area contributed by atoms with Crippen molar-refractivity contribution in [3.63, 3.8) is 0 Å². The van der Waals surface area contributed by atoms with E-state index >= 15 is 0 Å². The van der Waals surface area contributed by atoms with Gasteiger partial charge in [0.25, 0.3) is 0 Å². The van der Waals surface area contributed by atoms with E-state index in [1.54, 1.807) is 0 Å². The third-order valence-electron chi connectivity index (χ3n) is 6.84. The first kappa shape index (κ1) is 20.9. The van der Waals surface area contributed by atoms with Gasteiger partial charge in [-0.25, -0.2) is 0 Å². The maximum atomic E-state index is 2.39. The summed E-state index contributed by atoms with van der Waals surface area (Å²) >= 11 is 1.90. The summed E-state index contributed by atoms with van der Waals surface area (Å²) in [5.41, 5.74) is 6.05. The highest BCUT2D eigenvalue weighted by Gasteiger charge is 2.19. The molecule has 0 amide bonds. The van der Waals surface area contributed by atoms with E-state index in [0.717, 1.165) is 11.4 Å². The van der Waals surface area contributed by atoms with E-state index in [2.05, 4.69) is 144 Å². The highest BCUT2D eigenvalue weighted by Crippen LogP contribution is 2.47. The van der Waals surface area contributed by atoms with Crippen molar-refractivity contribution in [3.05, 3.63) is 140 Å². The summed E-state index contributed by atoms with van der Waals surface area (Å²) in [5, 5.41) is 5.22. The van der Waals surface area contributed by atoms with E-state index in [1.807, 2.05) is 11.3 Å². The van der Waals surface area contributed by atoms with Gasteiger partial charge >= 0.3 is 0 Å². The largest absolute Gasteiger partial charge is 0.309 e. The minimum Gasteiger partial charge on any atom is -0.309 e. The number of nitrogens with zero attached hydrogens (tertiary/aromatic N) is 1. The first-order valence-corrected chi connectivity index (χ1v) is 13.0. The van der Waals surface area contributed by atoms with Crippen LogP contribution in [-0.4, -0.2) is 0 Å². The molecule has 0 radical (unpaired) electrons. The van der Waals surface area contributed by atoms with Crippen LogP contribution in [0.1, 0.15) is 0 Å². The summed E-state index contributed by atoms with van der Waals surface area (Å²) in [7, 11) is 0. The molecule has 0 bridgehead atoms. The van der Waals surface area contributed by atoms with Crippen LogP contribution in [0.4, 0.5) is 17.1 Å². The lowest BCUT2D eigenvalue weighted by molar-refractivity contribution is 1.30. The van der Waals surface area contributed by atoms with Gasteiger partial charge in [-0.15, -0.1) is 11.3 Å². The van der Waals surface area contributed by atoms with E-state index in [1.165, 1.54) is 47.8 Å². The minimum atomic E-state index is 1.16. The number of benzene rings is 6. The van der Waals surface area contributed by atoms with Crippen molar-refractivity contribution in [2.24, 2.45) is 0 Å². The molecular weight excluding hydrogens is 454 g/mol. The lowest BCUT2D eigenvalue weighted by Crippen LogP contribution is -2.09. The van der Waals surface area contributed by atoms with E-state index < -0.39 is 0 Å². The second-order valence-corrected chi connectivity index (χ2v) is 10.00. The van der Waals surface area contributed by atoms with Gasteiger partial charge in [0.15, 0.2) is 0 Å². The molecule has 36 heavy (non-hydrogen) atoms. The smallest absolute Gasteiger partial charge is 0.0640 e. The van der Waals surface area contributed by atoms with E-state index in [-0.39, 0.29) is 0 Å².